The number of hydrogen-bond donors (Lipinski definition) is 0. The quantitative estimate of drug-likeness (QED) is 0.603. The van der Waals surface area contributed by atoms with Gasteiger partial charge in [0.1, 0.15) is 6.61 Å². The molecule has 3 aromatic carbocycles. The number of hydrogen-bond acceptors (Lipinski definition) is 2. The third-order valence-electron chi connectivity index (χ3n) is 3.62. The Morgan fingerprint density at radius 3 is 1.76 bits per heavy atom. The van der Waals surface area contributed by atoms with Gasteiger partial charge < -0.3 is 4.74 Å². The predicted octanol–water partition coefficient (Wildman–Crippen LogP) is 5.67. The Balaban J connectivity index is 1.71. The SMILES string of the molecule is O=C(OCC=Cc1ccccc1)N(c1ccccc1)c1ccccc1. The Labute approximate surface area is 147 Å². The lowest BCUT2D eigenvalue weighted by atomic mass is 10.2. The average Bonchev–Trinajstić information content (AvgIpc) is 2.68. The van der Waals surface area contributed by atoms with Crippen LogP contribution in [0.15, 0.2) is 97.1 Å². The fraction of sp³-hybridized carbons (Fsp3) is 0.0455. The minimum Gasteiger partial charge on any atom is -0.445 e. The lowest BCUT2D eigenvalue weighted by molar-refractivity contribution is 0.169. The molecular weight excluding hydrogens is 310 g/mol. The van der Waals surface area contributed by atoms with Crippen LogP contribution in [-0.4, -0.2) is 12.7 Å². The molecule has 0 spiro atoms. The van der Waals surface area contributed by atoms with Crippen molar-refractivity contribution in [2.24, 2.45) is 0 Å². The van der Waals surface area contributed by atoms with E-state index in [0.29, 0.717) is 0 Å². The van der Waals surface area contributed by atoms with Crippen molar-refractivity contribution in [2.75, 3.05) is 11.5 Å². The first kappa shape index (κ1) is 16.5. The average molecular weight is 329 g/mol. The van der Waals surface area contributed by atoms with Crippen molar-refractivity contribution < 1.29 is 9.53 Å². The second kappa shape index (κ2) is 8.50. The van der Waals surface area contributed by atoms with Crippen molar-refractivity contribution in [3.63, 3.8) is 0 Å². The van der Waals surface area contributed by atoms with E-state index < -0.39 is 6.09 Å². The van der Waals surface area contributed by atoms with Crippen LogP contribution in [0.25, 0.3) is 6.08 Å². The molecule has 0 unspecified atom stereocenters. The third-order valence-corrected chi connectivity index (χ3v) is 3.62. The molecule has 0 aliphatic rings. The van der Waals surface area contributed by atoms with E-state index in [2.05, 4.69) is 0 Å². The number of para-hydroxylation sites is 2. The molecule has 0 N–H and O–H groups in total. The number of nitrogens with zero attached hydrogens (tertiary/aromatic N) is 1. The van der Waals surface area contributed by atoms with E-state index in [4.69, 9.17) is 4.74 Å². The minimum atomic E-state index is -0.407. The molecule has 0 aromatic heterocycles. The van der Waals surface area contributed by atoms with Gasteiger partial charge in [0.25, 0.3) is 0 Å². The van der Waals surface area contributed by atoms with Crippen LogP contribution in [0, 0.1) is 0 Å². The standard InChI is InChI=1S/C22H19NO2/c24-22(25-18-10-13-19-11-4-1-5-12-19)23(20-14-6-2-7-15-20)21-16-8-3-9-17-21/h1-17H,18H2. The third kappa shape index (κ3) is 4.58. The van der Waals surface area contributed by atoms with Gasteiger partial charge in [-0.25, -0.2) is 9.69 Å². The van der Waals surface area contributed by atoms with Crippen LogP contribution in [0.3, 0.4) is 0 Å². The number of carbonyl (C=O) groups is 1. The summed E-state index contributed by atoms with van der Waals surface area (Å²) in [5, 5.41) is 0. The first-order chi connectivity index (χ1) is 12.3. The Morgan fingerprint density at radius 1 is 0.760 bits per heavy atom. The van der Waals surface area contributed by atoms with Gasteiger partial charge in [-0.05, 0) is 35.9 Å². The molecule has 3 heteroatoms. The molecule has 0 atom stereocenters. The van der Waals surface area contributed by atoms with E-state index >= 15 is 0 Å². The molecule has 0 radical (unpaired) electrons. The predicted molar refractivity (Wildman–Crippen MR) is 102 cm³/mol. The van der Waals surface area contributed by atoms with Crippen molar-refractivity contribution in [2.45, 2.75) is 0 Å². The van der Waals surface area contributed by atoms with E-state index in [9.17, 15) is 4.79 Å². The number of anilines is 2. The summed E-state index contributed by atoms with van der Waals surface area (Å²) in [7, 11) is 0. The topological polar surface area (TPSA) is 29.5 Å². The second-order valence-corrected chi connectivity index (χ2v) is 5.40. The van der Waals surface area contributed by atoms with E-state index in [1.165, 1.54) is 0 Å². The zero-order chi connectivity index (χ0) is 17.3. The summed E-state index contributed by atoms with van der Waals surface area (Å²) >= 11 is 0. The lowest BCUT2D eigenvalue weighted by Gasteiger charge is -2.22. The van der Waals surface area contributed by atoms with Gasteiger partial charge in [-0.15, -0.1) is 0 Å². The molecule has 1 amide bonds. The highest BCUT2D eigenvalue weighted by atomic mass is 16.6. The molecule has 3 aromatic rings. The van der Waals surface area contributed by atoms with Gasteiger partial charge in [0.15, 0.2) is 0 Å². The molecular formula is C22H19NO2. The van der Waals surface area contributed by atoms with Crippen LogP contribution in [0.2, 0.25) is 0 Å². The number of benzene rings is 3. The van der Waals surface area contributed by atoms with Crippen molar-refractivity contribution in [3.8, 4) is 0 Å². The fourth-order valence-electron chi connectivity index (χ4n) is 2.45. The normalized spacial score (nSPS) is 10.6. The van der Waals surface area contributed by atoms with E-state index in [-0.39, 0.29) is 6.61 Å². The number of ether oxygens (including phenoxy) is 1. The molecule has 0 bridgehead atoms. The molecule has 0 heterocycles. The van der Waals surface area contributed by atoms with Gasteiger partial charge >= 0.3 is 6.09 Å². The van der Waals surface area contributed by atoms with Gasteiger partial charge in [0.05, 0.1) is 11.4 Å². The van der Waals surface area contributed by atoms with E-state index in [0.717, 1.165) is 16.9 Å². The fourth-order valence-corrected chi connectivity index (χ4v) is 2.45. The molecule has 3 rings (SSSR count). The molecule has 124 valence electrons. The van der Waals surface area contributed by atoms with Gasteiger partial charge in [-0.1, -0.05) is 72.8 Å². The Kier molecular flexibility index (Phi) is 5.62. The molecule has 25 heavy (non-hydrogen) atoms. The summed E-state index contributed by atoms with van der Waals surface area (Å²) < 4.78 is 5.43. The summed E-state index contributed by atoms with van der Waals surface area (Å²) in [4.78, 5) is 14.2. The molecule has 3 nitrogen and oxygen atoms in total. The monoisotopic (exact) mass is 329 g/mol. The van der Waals surface area contributed by atoms with Gasteiger partial charge in [0, 0.05) is 0 Å². The van der Waals surface area contributed by atoms with Gasteiger partial charge in [-0.2, -0.15) is 0 Å². The zero-order valence-electron chi connectivity index (χ0n) is 13.8. The number of amides is 1. The Morgan fingerprint density at radius 2 is 1.24 bits per heavy atom. The maximum absolute atomic E-state index is 12.6. The maximum Gasteiger partial charge on any atom is 0.419 e. The highest BCUT2D eigenvalue weighted by Crippen LogP contribution is 2.25. The summed E-state index contributed by atoms with van der Waals surface area (Å²) in [5.41, 5.74) is 2.61. The van der Waals surface area contributed by atoms with Crippen LogP contribution in [0.4, 0.5) is 16.2 Å². The van der Waals surface area contributed by atoms with Crippen LogP contribution in [0.1, 0.15) is 5.56 Å². The largest absolute Gasteiger partial charge is 0.445 e. The molecule has 0 aliphatic carbocycles. The van der Waals surface area contributed by atoms with Gasteiger partial charge in [-0.3, -0.25) is 0 Å². The lowest BCUT2D eigenvalue weighted by Crippen LogP contribution is -2.26. The van der Waals surface area contributed by atoms with Crippen LogP contribution < -0.4 is 4.90 Å². The molecule has 0 fully saturated rings. The minimum absolute atomic E-state index is 0.212. The highest BCUT2D eigenvalue weighted by molar-refractivity contribution is 5.95. The molecule has 0 aliphatic heterocycles. The molecule has 0 saturated carbocycles. The smallest absolute Gasteiger partial charge is 0.419 e. The molecule has 0 saturated heterocycles. The second-order valence-electron chi connectivity index (χ2n) is 5.40. The van der Waals surface area contributed by atoms with Gasteiger partial charge in [0.2, 0.25) is 0 Å². The number of carbonyl (C=O) groups excluding carboxylic acids is 1. The first-order valence-electron chi connectivity index (χ1n) is 8.13. The Bertz CT molecular complexity index is 775. The van der Waals surface area contributed by atoms with Crippen LogP contribution in [-0.2, 0) is 4.74 Å². The summed E-state index contributed by atoms with van der Waals surface area (Å²) in [6.45, 7) is 0.212. The summed E-state index contributed by atoms with van der Waals surface area (Å²) in [6, 6.07) is 28.9. The summed E-state index contributed by atoms with van der Waals surface area (Å²) in [6.07, 6.45) is 3.36. The zero-order valence-corrected chi connectivity index (χ0v) is 13.8. The number of rotatable bonds is 5. The van der Waals surface area contributed by atoms with Crippen LogP contribution >= 0.6 is 0 Å². The van der Waals surface area contributed by atoms with Crippen molar-refractivity contribution in [1.29, 1.82) is 0 Å². The Hall–Kier alpha value is -3.33. The van der Waals surface area contributed by atoms with Crippen LogP contribution in [0.5, 0.6) is 0 Å². The summed E-state index contributed by atoms with van der Waals surface area (Å²) in [5.74, 6) is 0. The van der Waals surface area contributed by atoms with Crippen molar-refractivity contribution in [1.82, 2.24) is 0 Å². The van der Waals surface area contributed by atoms with Crippen molar-refractivity contribution in [3.05, 3.63) is 103 Å². The maximum atomic E-state index is 12.6. The van der Waals surface area contributed by atoms with Crippen molar-refractivity contribution >= 4 is 23.5 Å². The van der Waals surface area contributed by atoms with E-state index in [1.54, 1.807) is 4.90 Å². The highest BCUT2D eigenvalue weighted by Gasteiger charge is 2.18. The first-order valence-corrected chi connectivity index (χ1v) is 8.13. The van der Waals surface area contributed by atoms with E-state index in [1.807, 2.05) is 103 Å².